The average Bonchev–Trinajstić information content (AvgIpc) is 2.40. The fraction of sp³-hybridized carbons (Fsp3) is 0.900. The molecule has 0 unspecified atom stereocenters. The molecule has 8 heteroatoms. The highest BCUT2D eigenvalue weighted by molar-refractivity contribution is 5.80. The van der Waals surface area contributed by atoms with Gasteiger partial charge in [0, 0.05) is 6.54 Å². The van der Waals surface area contributed by atoms with Gasteiger partial charge >= 0.3 is 0 Å². The maximum absolute atomic E-state index is 11.5. The lowest BCUT2D eigenvalue weighted by molar-refractivity contribution is -0.158. The number of hydrogen-bond donors (Lipinski definition) is 6. The van der Waals surface area contributed by atoms with Crippen molar-refractivity contribution in [1.82, 2.24) is 5.01 Å². The van der Waals surface area contributed by atoms with Gasteiger partial charge in [-0.3, -0.25) is 9.80 Å². The fourth-order valence-electron chi connectivity index (χ4n) is 1.28. The summed E-state index contributed by atoms with van der Waals surface area (Å²) in [6, 6.07) is 0. The molecular formula is C10H22N2O6. The van der Waals surface area contributed by atoms with Gasteiger partial charge in [0.1, 0.15) is 18.3 Å². The third-order valence-corrected chi connectivity index (χ3v) is 2.54. The Balaban J connectivity index is 4.43. The zero-order valence-corrected chi connectivity index (χ0v) is 10.3. The maximum Gasteiger partial charge on any atom is 0.268 e. The van der Waals surface area contributed by atoms with Crippen LogP contribution < -0.4 is 5.84 Å². The molecule has 0 saturated heterocycles. The summed E-state index contributed by atoms with van der Waals surface area (Å²) < 4.78 is 0. The highest BCUT2D eigenvalue weighted by Gasteiger charge is 2.35. The quantitative estimate of drug-likeness (QED) is 0.155. The number of rotatable bonds is 8. The Morgan fingerprint density at radius 2 is 1.78 bits per heavy atom. The Labute approximate surface area is 105 Å². The monoisotopic (exact) mass is 266 g/mol. The Kier molecular flexibility index (Phi) is 8.00. The standard InChI is InChI=1S/C10H22N2O6/c1-2-3-4-12(11)10(18)9(17)8(16)7(15)6(14)5-13/h6-9,13-17H,2-5,11H2,1H3/t6-,7-,8+,9-/m1/s1. The number of aliphatic hydroxyl groups excluding tert-OH is 5. The Hall–Kier alpha value is -0.770. The largest absolute Gasteiger partial charge is 0.394 e. The van der Waals surface area contributed by atoms with E-state index in [1.165, 1.54) is 0 Å². The van der Waals surface area contributed by atoms with Crippen LogP contribution in [-0.4, -0.2) is 74.0 Å². The lowest BCUT2D eigenvalue weighted by Crippen LogP contribution is -2.54. The number of nitrogens with zero attached hydrogens (tertiary/aromatic N) is 1. The molecule has 0 aliphatic heterocycles. The first-order valence-electron chi connectivity index (χ1n) is 5.76. The van der Waals surface area contributed by atoms with E-state index in [0.717, 1.165) is 11.4 Å². The van der Waals surface area contributed by atoms with Crippen molar-refractivity contribution in [2.75, 3.05) is 13.2 Å². The number of carbonyl (C=O) groups is 1. The predicted molar refractivity (Wildman–Crippen MR) is 61.9 cm³/mol. The summed E-state index contributed by atoms with van der Waals surface area (Å²) in [6.07, 6.45) is -5.94. The SMILES string of the molecule is CCCCN(N)C(=O)[C@H](O)[C@@H](O)[C@H](O)[C@H](O)CO. The van der Waals surface area contributed by atoms with Crippen LogP contribution in [0.2, 0.25) is 0 Å². The first-order chi connectivity index (χ1) is 8.36. The van der Waals surface area contributed by atoms with Crippen LogP contribution >= 0.6 is 0 Å². The number of aliphatic hydroxyl groups is 5. The van der Waals surface area contributed by atoms with Crippen LogP contribution in [0.3, 0.4) is 0 Å². The minimum Gasteiger partial charge on any atom is -0.394 e. The van der Waals surface area contributed by atoms with E-state index in [9.17, 15) is 20.1 Å². The molecule has 8 nitrogen and oxygen atoms in total. The van der Waals surface area contributed by atoms with Crippen molar-refractivity contribution in [3.05, 3.63) is 0 Å². The lowest BCUT2D eigenvalue weighted by Gasteiger charge is -2.27. The van der Waals surface area contributed by atoms with Gasteiger partial charge in [-0.15, -0.1) is 0 Å². The van der Waals surface area contributed by atoms with Crippen molar-refractivity contribution in [2.45, 2.75) is 44.2 Å². The second-order valence-corrected chi connectivity index (χ2v) is 4.06. The fourth-order valence-corrected chi connectivity index (χ4v) is 1.28. The van der Waals surface area contributed by atoms with Crippen molar-refractivity contribution < 1.29 is 30.3 Å². The smallest absolute Gasteiger partial charge is 0.268 e. The predicted octanol–water partition coefficient (Wildman–Crippen LogP) is -3.08. The molecule has 0 saturated carbocycles. The minimum atomic E-state index is -1.96. The summed E-state index contributed by atoms with van der Waals surface area (Å²) in [4.78, 5) is 11.5. The van der Waals surface area contributed by atoms with Gasteiger partial charge in [0.2, 0.25) is 0 Å². The summed E-state index contributed by atoms with van der Waals surface area (Å²) in [5.41, 5.74) is 0. The van der Waals surface area contributed by atoms with Gasteiger partial charge in [-0.05, 0) is 6.42 Å². The molecule has 0 fully saturated rings. The van der Waals surface area contributed by atoms with E-state index in [0.29, 0.717) is 6.42 Å². The molecule has 0 bridgehead atoms. The van der Waals surface area contributed by atoms with E-state index in [-0.39, 0.29) is 6.54 Å². The molecule has 0 spiro atoms. The molecule has 0 aromatic carbocycles. The van der Waals surface area contributed by atoms with E-state index in [1.54, 1.807) is 0 Å². The third-order valence-electron chi connectivity index (χ3n) is 2.54. The number of nitrogens with two attached hydrogens (primary N) is 1. The van der Waals surface area contributed by atoms with E-state index in [1.807, 2.05) is 6.92 Å². The van der Waals surface area contributed by atoms with E-state index < -0.39 is 36.9 Å². The molecule has 0 heterocycles. The summed E-state index contributed by atoms with van der Waals surface area (Å²) in [7, 11) is 0. The van der Waals surface area contributed by atoms with Crippen molar-refractivity contribution in [3.8, 4) is 0 Å². The van der Waals surface area contributed by atoms with Crippen LogP contribution in [0.1, 0.15) is 19.8 Å². The number of carbonyl (C=O) groups excluding carboxylic acids is 1. The lowest BCUT2D eigenvalue weighted by atomic mass is 10.0. The van der Waals surface area contributed by atoms with Gasteiger partial charge in [-0.2, -0.15) is 0 Å². The van der Waals surface area contributed by atoms with Crippen LogP contribution in [0.5, 0.6) is 0 Å². The van der Waals surface area contributed by atoms with Crippen LogP contribution in [0.15, 0.2) is 0 Å². The molecule has 0 radical (unpaired) electrons. The molecule has 108 valence electrons. The van der Waals surface area contributed by atoms with Crippen LogP contribution in [0.4, 0.5) is 0 Å². The number of hydrazine groups is 1. The van der Waals surface area contributed by atoms with Gasteiger partial charge in [-0.25, -0.2) is 5.84 Å². The molecular weight excluding hydrogens is 244 g/mol. The molecule has 4 atom stereocenters. The molecule has 0 aliphatic carbocycles. The molecule has 0 aromatic heterocycles. The summed E-state index contributed by atoms with van der Waals surface area (Å²) in [5, 5.41) is 46.7. The van der Waals surface area contributed by atoms with E-state index in [2.05, 4.69) is 0 Å². The average molecular weight is 266 g/mol. The Morgan fingerprint density at radius 1 is 1.22 bits per heavy atom. The molecule has 0 rings (SSSR count). The number of unbranched alkanes of at least 4 members (excludes halogenated alkanes) is 1. The topological polar surface area (TPSA) is 147 Å². The van der Waals surface area contributed by atoms with Gasteiger partial charge < -0.3 is 25.5 Å². The van der Waals surface area contributed by atoms with Crippen LogP contribution in [0, 0.1) is 0 Å². The van der Waals surface area contributed by atoms with Crippen molar-refractivity contribution in [3.63, 3.8) is 0 Å². The molecule has 7 N–H and O–H groups in total. The zero-order valence-electron chi connectivity index (χ0n) is 10.3. The highest BCUT2D eigenvalue weighted by Crippen LogP contribution is 2.07. The van der Waals surface area contributed by atoms with Gasteiger partial charge in [-0.1, -0.05) is 13.3 Å². The minimum absolute atomic E-state index is 0.206. The van der Waals surface area contributed by atoms with Gasteiger partial charge in [0.25, 0.3) is 5.91 Å². The number of amides is 1. The Morgan fingerprint density at radius 3 is 2.22 bits per heavy atom. The second-order valence-electron chi connectivity index (χ2n) is 4.06. The first-order valence-corrected chi connectivity index (χ1v) is 5.76. The highest BCUT2D eigenvalue weighted by atomic mass is 16.4. The van der Waals surface area contributed by atoms with Crippen molar-refractivity contribution in [2.24, 2.45) is 5.84 Å². The Bertz CT molecular complexity index is 253. The van der Waals surface area contributed by atoms with Crippen LogP contribution in [0.25, 0.3) is 0 Å². The van der Waals surface area contributed by atoms with Crippen molar-refractivity contribution >= 4 is 5.91 Å². The first kappa shape index (κ1) is 17.2. The maximum atomic E-state index is 11.5. The van der Waals surface area contributed by atoms with E-state index in [4.69, 9.17) is 16.1 Å². The van der Waals surface area contributed by atoms with E-state index >= 15 is 0 Å². The third kappa shape index (κ3) is 4.84. The molecule has 0 aliphatic rings. The molecule has 0 aromatic rings. The van der Waals surface area contributed by atoms with Gasteiger partial charge in [0.05, 0.1) is 6.61 Å². The second kappa shape index (κ2) is 8.35. The summed E-state index contributed by atoms with van der Waals surface area (Å²) in [5.74, 6) is 4.41. The summed E-state index contributed by atoms with van der Waals surface area (Å²) >= 11 is 0. The summed E-state index contributed by atoms with van der Waals surface area (Å²) in [6.45, 7) is 1.30. The van der Waals surface area contributed by atoms with Gasteiger partial charge in [0.15, 0.2) is 6.10 Å². The van der Waals surface area contributed by atoms with Crippen molar-refractivity contribution in [1.29, 1.82) is 0 Å². The number of hydrogen-bond acceptors (Lipinski definition) is 7. The van der Waals surface area contributed by atoms with Crippen LogP contribution in [-0.2, 0) is 4.79 Å². The molecule has 1 amide bonds. The normalized spacial score (nSPS) is 17.9. The zero-order chi connectivity index (χ0) is 14.3. The molecule has 18 heavy (non-hydrogen) atoms.